The van der Waals surface area contributed by atoms with Gasteiger partial charge in [-0.3, -0.25) is 4.55 Å². The third kappa shape index (κ3) is 5.34. The number of hydrogen-bond donors (Lipinski definition) is 1. The maximum Gasteiger partial charge on any atom is 0.265 e. The van der Waals surface area contributed by atoms with E-state index in [1.165, 1.54) is 16.1 Å². The summed E-state index contributed by atoms with van der Waals surface area (Å²) in [5, 5.41) is 4.32. The second kappa shape index (κ2) is 10.9. The van der Waals surface area contributed by atoms with Crippen LogP contribution in [0, 0.1) is 6.92 Å². The number of rotatable bonds is 8. The van der Waals surface area contributed by atoms with E-state index in [1.807, 2.05) is 24.3 Å². The van der Waals surface area contributed by atoms with E-state index in [0.717, 1.165) is 48.9 Å². The molecule has 0 saturated heterocycles. The zero-order valence-corrected chi connectivity index (χ0v) is 24.7. The first kappa shape index (κ1) is 26.8. The highest BCUT2D eigenvalue weighted by Crippen LogP contribution is 2.47. The van der Waals surface area contributed by atoms with E-state index in [-0.39, 0.29) is 5.75 Å². The second-order valence-corrected chi connectivity index (χ2v) is 13.4. The Hall–Kier alpha value is -3.37. The van der Waals surface area contributed by atoms with Gasteiger partial charge in [-0.05, 0) is 67.3 Å². The molecule has 1 aliphatic heterocycles. The van der Waals surface area contributed by atoms with Crippen molar-refractivity contribution in [2.75, 3.05) is 17.2 Å². The van der Waals surface area contributed by atoms with Crippen molar-refractivity contribution in [1.82, 2.24) is 0 Å². The molecule has 6 nitrogen and oxygen atoms in total. The van der Waals surface area contributed by atoms with Gasteiger partial charge in [-0.2, -0.15) is 13.0 Å². The summed E-state index contributed by atoms with van der Waals surface area (Å²) in [5.74, 6) is 0.461. The van der Waals surface area contributed by atoms with Crippen LogP contribution in [0.2, 0.25) is 0 Å². The molecule has 6 rings (SSSR count). The van der Waals surface area contributed by atoms with E-state index in [4.69, 9.17) is 4.42 Å². The van der Waals surface area contributed by atoms with Gasteiger partial charge in [-0.15, -0.1) is 0 Å². The van der Waals surface area contributed by atoms with E-state index < -0.39 is 10.1 Å². The zero-order valence-electron chi connectivity index (χ0n) is 22.2. The monoisotopic (exact) mass is 589 g/mol. The topological polar surface area (TPSA) is 74.6 Å². The molecule has 9 heteroatoms. The molecule has 0 unspecified atom stereocenters. The van der Waals surface area contributed by atoms with Gasteiger partial charge in [-0.1, -0.05) is 53.4 Å². The Morgan fingerprint density at radius 3 is 2.73 bits per heavy atom. The minimum atomic E-state index is -4.06. The molecule has 0 saturated carbocycles. The summed E-state index contributed by atoms with van der Waals surface area (Å²) in [5.41, 5.74) is 4.43. The van der Waals surface area contributed by atoms with Crippen molar-refractivity contribution >= 4 is 71.5 Å². The number of hydrogen-bond acceptors (Lipinski definition) is 6. The molecule has 5 aromatic rings. The number of anilines is 1. The van der Waals surface area contributed by atoms with Crippen molar-refractivity contribution in [3.63, 3.8) is 0 Å². The van der Waals surface area contributed by atoms with E-state index in [1.54, 1.807) is 29.4 Å². The van der Waals surface area contributed by atoms with Crippen molar-refractivity contribution in [3.05, 3.63) is 100 Å². The Kier molecular flexibility index (Phi) is 7.31. The molecule has 40 heavy (non-hydrogen) atoms. The summed E-state index contributed by atoms with van der Waals surface area (Å²) in [4.78, 5) is 3.55. The lowest BCUT2D eigenvalue weighted by atomic mass is 10.1. The fourth-order valence-corrected chi connectivity index (χ4v) is 7.96. The van der Waals surface area contributed by atoms with Gasteiger partial charge >= 0.3 is 0 Å². The Bertz CT molecular complexity index is 1890. The first-order valence-electron chi connectivity index (χ1n) is 13.1. The Balaban J connectivity index is 1.51. The lowest BCUT2D eigenvalue weighted by molar-refractivity contribution is -0.667. The van der Waals surface area contributed by atoms with Gasteiger partial charge in [0.05, 0.1) is 28.1 Å². The van der Waals surface area contributed by atoms with Crippen LogP contribution in [0.3, 0.4) is 0 Å². The van der Waals surface area contributed by atoms with Crippen LogP contribution in [-0.4, -0.2) is 25.3 Å². The highest BCUT2D eigenvalue weighted by atomic mass is 32.2. The molecule has 0 radical (unpaired) electrons. The molecule has 0 aliphatic carbocycles. The number of aryl methyl sites for hydroxylation is 2. The molecule has 2 aromatic heterocycles. The quantitative estimate of drug-likeness (QED) is 0.149. The third-order valence-corrected chi connectivity index (χ3v) is 9.98. The fraction of sp³-hybridized carbons (Fsp3) is 0.194. The molecule has 0 atom stereocenters. The summed E-state index contributed by atoms with van der Waals surface area (Å²) in [7, 11) is -4.06. The maximum absolute atomic E-state index is 11.5. The van der Waals surface area contributed by atoms with Crippen LogP contribution in [0.25, 0.3) is 32.6 Å². The van der Waals surface area contributed by atoms with Crippen molar-refractivity contribution in [3.8, 4) is 0 Å². The van der Waals surface area contributed by atoms with Crippen LogP contribution in [0.4, 0.5) is 5.69 Å². The van der Waals surface area contributed by atoms with Gasteiger partial charge in [-0.25, -0.2) is 0 Å². The number of thioether (sulfide) groups is 1. The van der Waals surface area contributed by atoms with E-state index in [9.17, 15) is 13.0 Å². The number of furan rings is 1. The fourth-order valence-electron chi connectivity index (χ4n) is 5.15. The van der Waals surface area contributed by atoms with E-state index >= 15 is 0 Å². The predicted octanol–water partition coefficient (Wildman–Crippen LogP) is 7.54. The van der Waals surface area contributed by atoms with Crippen LogP contribution in [0.5, 0.6) is 0 Å². The van der Waals surface area contributed by atoms with Crippen molar-refractivity contribution in [2.45, 2.75) is 31.7 Å². The first-order valence-corrected chi connectivity index (χ1v) is 16.4. The normalized spacial score (nSPS) is 15.0. The lowest BCUT2D eigenvalue weighted by Gasteiger charge is -2.18. The molecule has 3 heterocycles. The van der Waals surface area contributed by atoms with Gasteiger partial charge in [0, 0.05) is 29.5 Å². The minimum Gasteiger partial charge on any atom is -0.464 e. The average Bonchev–Trinajstić information content (AvgIpc) is 3.65. The van der Waals surface area contributed by atoms with Crippen LogP contribution in [0.1, 0.15) is 29.7 Å². The van der Waals surface area contributed by atoms with Crippen molar-refractivity contribution < 1.29 is 22.0 Å². The van der Waals surface area contributed by atoms with Gasteiger partial charge < -0.3 is 9.32 Å². The molecule has 0 amide bonds. The molecular formula is C31H29N2O4S3+. The predicted molar refractivity (Wildman–Crippen MR) is 165 cm³/mol. The summed E-state index contributed by atoms with van der Waals surface area (Å²) < 4.78 is 41.6. The molecule has 1 aliphatic rings. The second-order valence-electron chi connectivity index (χ2n) is 9.74. The minimum absolute atomic E-state index is 0.292. The smallest absolute Gasteiger partial charge is 0.265 e. The van der Waals surface area contributed by atoms with E-state index in [2.05, 4.69) is 77.9 Å². The SMILES string of the molecule is CCN1/C(=C/C(=C/c2sc3ccc4ccccc4c3[n+]2CCCS(=O)(=O)O)c2ccco2)Sc2ccc(C)cc21. The van der Waals surface area contributed by atoms with Crippen molar-refractivity contribution in [1.29, 1.82) is 0 Å². The van der Waals surface area contributed by atoms with Crippen LogP contribution in [0.15, 0.2) is 93.4 Å². The summed E-state index contributed by atoms with van der Waals surface area (Å²) in [6.45, 7) is 5.55. The number of nitrogens with zero attached hydrogens (tertiary/aromatic N) is 2. The number of benzene rings is 3. The largest absolute Gasteiger partial charge is 0.464 e. The summed E-state index contributed by atoms with van der Waals surface area (Å²) in [6, 6.07) is 22.8. The molecule has 1 N–H and O–H groups in total. The maximum atomic E-state index is 11.5. The van der Waals surface area contributed by atoms with Crippen molar-refractivity contribution in [2.24, 2.45) is 0 Å². The standard InChI is InChI=1S/C31H28N2O4S3/c1-3-32-25-18-21(2)11-13-27(25)38-29(32)19-23(26-10-6-16-37-26)20-30-33(15-7-17-40(34,35)36)31-24-9-5-4-8-22(24)12-14-28(31)39-30/h4-6,8-14,16,18-20H,3,7,15,17H2,1-2H3/p+1. The van der Waals surface area contributed by atoms with Crippen LogP contribution < -0.4 is 9.47 Å². The first-order chi connectivity index (χ1) is 19.3. The molecule has 0 fully saturated rings. The highest BCUT2D eigenvalue weighted by molar-refractivity contribution is 8.03. The summed E-state index contributed by atoms with van der Waals surface area (Å²) in [6.07, 6.45) is 6.27. The van der Waals surface area contributed by atoms with Gasteiger partial charge in [0.2, 0.25) is 5.52 Å². The third-order valence-electron chi connectivity index (χ3n) is 6.96. The van der Waals surface area contributed by atoms with Crippen LogP contribution >= 0.6 is 23.1 Å². The van der Waals surface area contributed by atoms with Gasteiger partial charge in [0.15, 0.2) is 6.54 Å². The Labute approximate surface area is 242 Å². The van der Waals surface area contributed by atoms with Crippen LogP contribution in [-0.2, 0) is 16.7 Å². The molecule has 204 valence electrons. The summed E-state index contributed by atoms with van der Waals surface area (Å²) >= 11 is 3.41. The molecule has 3 aromatic carbocycles. The highest BCUT2D eigenvalue weighted by Gasteiger charge is 2.26. The molecule has 0 spiro atoms. The number of allylic oxidation sites excluding steroid dienone is 2. The number of aromatic nitrogens is 1. The van der Waals surface area contributed by atoms with Gasteiger partial charge in [0.25, 0.3) is 15.1 Å². The van der Waals surface area contributed by atoms with E-state index in [0.29, 0.717) is 13.0 Å². The zero-order chi connectivity index (χ0) is 27.9. The molecule has 0 bridgehead atoms. The lowest BCUT2D eigenvalue weighted by Crippen LogP contribution is -2.36. The van der Waals surface area contributed by atoms with Gasteiger partial charge in [0.1, 0.15) is 10.5 Å². The number of thiazole rings is 1. The average molecular weight is 590 g/mol. The Morgan fingerprint density at radius 2 is 1.95 bits per heavy atom. The Morgan fingerprint density at radius 1 is 1.10 bits per heavy atom. The molecular weight excluding hydrogens is 561 g/mol. The number of fused-ring (bicyclic) bond motifs is 4.